The number of hydrogen-bond donors (Lipinski definition) is 1. The first-order valence-electron chi connectivity index (χ1n) is 7.18. The van der Waals surface area contributed by atoms with Gasteiger partial charge in [-0.15, -0.1) is 0 Å². The zero-order valence-corrected chi connectivity index (χ0v) is 12.0. The number of benzene rings is 1. The van der Waals surface area contributed by atoms with Crippen molar-refractivity contribution in [1.82, 2.24) is 0 Å². The monoisotopic (exact) mass is 261 g/mol. The normalized spacial score (nSPS) is 37.8. The van der Waals surface area contributed by atoms with Crippen molar-refractivity contribution in [3.8, 4) is 5.75 Å². The molecule has 1 aromatic carbocycles. The van der Waals surface area contributed by atoms with Crippen molar-refractivity contribution < 1.29 is 9.47 Å². The van der Waals surface area contributed by atoms with Crippen molar-refractivity contribution in [1.29, 1.82) is 0 Å². The fraction of sp³-hybridized carbons (Fsp3) is 0.625. The molecular weight excluding hydrogens is 238 g/mol. The zero-order chi connectivity index (χ0) is 13.6. The van der Waals surface area contributed by atoms with Gasteiger partial charge < -0.3 is 15.2 Å². The second kappa shape index (κ2) is 4.50. The number of hydrogen-bond acceptors (Lipinski definition) is 3. The van der Waals surface area contributed by atoms with E-state index >= 15 is 0 Å². The highest BCUT2D eigenvalue weighted by Crippen LogP contribution is 2.45. The second-order valence-corrected chi connectivity index (χ2v) is 6.30. The number of nitrogens with two attached hydrogens (primary N) is 1. The molecule has 3 atom stereocenters. The molecule has 0 saturated carbocycles. The minimum atomic E-state index is -0.140. The van der Waals surface area contributed by atoms with Crippen LogP contribution in [0.1, 0.15) is 50.3 Å². The minimum absolute atomic E-state index is 0.0705. The highest BCUT2D eigenvalue weighted by Gasteiger charge is 2.45. The lowest BCUT2D eigenvalue weighted by atomic mass is 9.78. The Balaban J connectivity index is 1.94. The molecule has 2 N–H and O–H groups in total. The van der Waals surface area contributed by atoms with Crippen LogP contribution in [0, 0.1) is 6.92 Å². The highest BCUT2D eigenvalue weighted by molar-refractivity contribution is 5.41. The van der Waals surface area contributed by atoms with Gasteiger partial charge in [0.2, 0.25) is 0 Å². The molecule has 2 unspecified atom stereocenters. The average Bonchev–Trinajstić information content (AvgIpc) is 2.28. The van der Waals surface area contributed by atoms with Gasteiger partial charge >= 0.3 is 0 Å². The van der Waals surface area contributed by atoms with E-state index in [9.17, 15) is 0 Å². The van der Waals surface area contributed by atoms with Gasteiger partial charge in [-0.2, -0.15) is 0 Å². The maximum Gasteiger partial charge on any atom is 0.124 e. The summed E-state index contributed by atoms with van der Waals surface area (Å²) in [6, 6.07) is 6.38. The summed E-state index contributed by atoms with van der Waals surface area (Å²) in [6.07, 6.45) is 3.23. The molecule has 1 aromatic rings. The molecule has 2 heterocycles. The molecule has 1 spiro atoms. The fourth-order valence-electron chi connectivity index (χ4n) is 3.71. The summed E-state index contributed by atoms with van der Waals surface area (Å²) in [4.78, 5) is 0. The molecule has 0 bridgehead atoms. The lowest BCUT2D eigenvalue weighted by Gasteiger charge is -2.47. The molecule has 3 rings (SSSR count). The van der Waals surface area contributed by atoms with Crippen LogP contribution in [0.2, 0.25) is 0 Å². The summed E-state index contributed by atoms with van der Waals surface area (Å²) >= 11 is 0. The third kappa shape index (κ3) is 2.37. The molecule has 0 aromatic heterocycles. The maximum atomic E-state index is 6.39. The first-order valence-corrected chi connectivity index (χ1v) is 7.18. The van der Waals surface area contributed by atoms with Crippen LogP contribution in [0.15, 0.2) is 18.2 Å². The Morgan fingerprint density at radius 1 is 1.16 bits per heavy atom. The Hall–Kier alpha value is -1.06. The highest BCUT2D eigenvalue weighted by atomic mass is 16.5. The Bertz CT molecular complexity index is 476. The van der Waals surface area contributed by atoms with Crippen molar-refractivity contribution >= 4 is 0 Å². The smallest absolute Gasteiger partial charge is 0.124 e. The van der Waals surface area contributed by atoms with E-state index in [4.69, 9.17) is 15.2 Å². The van der Waals surface area contributed by atoms with E-state index in [1.807, 2.05) is 0 Å². The van der Waals surface area contributed by atoms with Gasteiger partial charge in [0.05, 0.1) is 12.2 Å². The maximum absolute atomic E-state index is 6.39. The van der Waals surface area contributed by atoms with Crippen molar-refractivity contribution in [2.45, 2.75) is 63.9 Å². The molecule has 104 valence electrons. The Morgan fingerprint density at radius 2 is 1.84 bits per heavy atom. The van der Waals surface area contributed by atoms with Gasteiger partial charge in [-0.05, 0) is 26.8 Å². The van der Waals surface area contributed by atoms with Crippen molar-refractivity contribution in [2.24, 2.45) is 5.73 Å². The summed E-state index contributed by atoms with van der Waals surface area (Å²) < 4.78 is 12.2. The molecule has 2 aliphatic rings. The largest absolute Gasteiger partial charge is 0.487 e. The SMILES string of the molecule is Cc1ccc2c(c1)[C@@H](N)CC1(CC(C)OC(C)C1)O2. The van der Waals surface area contributed by atoms with E-state index in [0.29, 0.717) is 0 Å². The average molecular weight is 261 g/mol. The van der Waals surface area contributed by atoms with Gasteiger partial charge in [0.1, 0.15) is 11.4 Å². The van der Waals surface area contributed by atoms with Crippen molar-refractivity contribution in [2.75, 3.05) is 0 Å². The summed E-state index contributed by atoms with van der Waals surface area (Å²) in [5.74, 6) is 0.964. The predicted molar refractivity (Wildman–Crippen MR) is 75.3 cm³/mol. The molecule has 19 heavy (non-hydrogen) atoms. The standard InChI is InChI=1S/C16H23NO2/c1-10-4-5-15-13(6-10)14(17)9-16(19-15)7-11(2)18-12(3)8-16/h4-6,11-12,14H,7-9,17H2,1-3H3/t11?,12?,14-,16?/m0/s1. The molecule has 3 nitrogen and oxygen atoms in total. The van der Waals surface area contributed by atoms with Crippen LogP contribution in [-0.4, -0.2) is 17.8 Å². The van der Waals surface area contributed by atoms with E-state index in [1.165, 1.54) is 5.56 Å². The summed E-state index contributed by atoms with van der Waals surface area (Å²) in [5, 5.41) is 0. The van der Waals surface area contributed by atoms with E-state index in [-0.39, 0.29) is 23.9 Å². The van der Waals surface area contributed by atoms with E-state index in [2.05, 4.69) is 39.0 Å². The quantitative estimate of drug-likeness (QED) is 0.780. The molecule has 0 aliphatic carbocycles. The Kier molecular flexibility index (Phi) is 3.06. The summed E-state index contributed by atoms with van der Waals surface area (Å²) in [6.45, 7) is 6.34. The van der Waals surface area contributed by atoms with Crippen LogP contribution < -0.4 is 10.5 Å². The summed E-state index contributed by atoms with van der Waals surface area (Å²) in [5.41, 5.74) is 8.64. The van der Waals surface area contributed by atoms with Crippen molar-refractivity contribution in [3.05, 3.63) is 29.3 Å². The second-order valence-electron chi connectivity index (χ2n) is 6.30. The van der Waals surface area contributed by atoms with Gasteiger partial charge in [0.25, 0.3) is 0 Å². The van der Waals surface area contributed by atoms with Gasteiger partial charge in [0.15, 0.2) is 0 Å². The van der Waals surface area contributed by atoms with Crippen LogP contribution in [0.4, 0.5) is 0 Å². The van der Waals surface area contributed by atoms with Gasteiger partial charge in [-0.25, -0.2) is 0 Å². The topological polar surface area (TPSA) is 44.5 Å². The van der Waals surface area contributed by atoms with Crippen LogP contribution in [-0.2, 0) is 4.74 Å². The Labute approximate surface area is 115 Å². The third-order valence-corrected chi connectivity index (χ3v) is 4.27. The van der Waals surface area contributed by atoms with E-state index in [1.54, 1.807) is 0 Å². The predicted octanol–water partition coefficient (Wildman–Crippen LogP) is 3.10. The lowest BCUT2D eigenvalue weighted by Crippen LogP contribution is -2.51. The Morgan fingerprint density at radius 3 is 2.53 bits per heavy atom. The number of ether oxygens (including phenoxy) is 2. The van der Waals surface area contributed by atoms with E-state index < -0.39 is 0 Å². The van der Waals surface area contributed by atoms with Crippen LogP contribution in [0.25, 0.3) is 0 Å². The molecule has 1 fully saturated rings. The number of aryl methyl sites for hydroxylation is 1. The minimum Gasteiger partial charge on any atom is -0.487 e. The van der Waals surface area contributed by atoms with Gasteiger partial charge in [-0.1, -0.05) is 17.7 Å². The van der Waals surface area contributed by atoms with Gasteiger partial charge in [-0.3, -0.25) is 0 Å². The van der Waals surface area contributed by atoms with E-state index in [0.717, 1.165) is 30.6 Å². The fourth-order valence-corrected chi connectivity index (χ4v) is 3.71. The number of fused-ring (bicyclic) bond motifs is 1. The molecular formula is C16H23NO2. The number of rotatable bonds is 0. The van der Waals surface area contributed by atoms with Crippen LogP contribution in [0.5, 0.6) is 5.75 Å². The van der Waals surface area contributed by atoms with Gasteiger partial charge in [0, 0.05) is 30.9 Å². The molecule has 2 aliphatic heterocycles. The zero-order valence-electron chi connectivity index (χ0n) is 12.0. The third-order valence-electron chi connectivity index (χ3n) is 4.27. The van der Waals surface area contributed by atoms with Crippen LogP contribution >= 0.6 is 0 Å². The first-order chi connectivity index (χ1) is 8.97. The van der Waals surface area contributed by atoms with Crippen molar-refractivity contribution in [3.63, 3.8) is 0 Å². The summed E-state index contributed by atoms with van der Waals surface area (Å²) in [7, 11) is 0. The lowest BCUT2D eigenvalue weighted by molar-refractivity contribution is -0.129. The molecule has 3 heteroatoms. The first kappa shape index (κ1) is 12.9. The molecule has 0 amide bonds. The van der Waals surface area contributed by atoms with Crippen LogP contribution in [0.3, 0.4) is 0 Å². The molecule has 1 saturated heterocycles. The molecule has 0 radical (unpaired) electrons.